The van der Waals surface area contributed by atoms with Crippen LogP contribution in [0, 0.1) is 0 Å². The van der Waals surface area contributed by atoms with E-state index in [0.29, 0.717) is 0 Å². The second-order valence-corrected chi connectivity index (χ2v) is 5.65. The normalized spacial score (nSPS) is 42.0. The van der Waals surface area contributed by atoms with Crippen LogP contribution in [0.4, 0.5) is 0 Å². The van der Waals surface area contributed by atoms with E-state index in [1.807, 2.05) is 0 Å². The molecular weight excluding hydrogens is 342 g/mol. The van der Waals surface area contributed by atoms with Crippen molar-refractivity contribution in [2.75, 3.05) is 33.5 Å². The third-order valence-electron chi connectivity index (χ3n) is 3.95. The van der Waals surface area contributed by atoms with E-state index in [9.17, 15) is 20.4 Å². The Morgan fingerprint density at radius 3 is 2.28 bits per heavy atom. The Morgan fingerprint density at radius 2 is 1.64 bits per heavy atom. The van der Waals surface area contributed by atoms with Crippen LogP contribution >= 0.6 is 0 Å². The van der Waals surface area contributed by atoms with Gasteiger partial charge in [0, 0.05) is 18.6 Å². The van der Waals surface area contributed by atoms with E-state index in [0.717, 1.165) is 0 Å². The summed E-state index contributed by atoms with van der Waals surface area (Å²) in [6.45, 7) is -0.251. The molecular formula is C13H23N3O9. The lowest BCUT2D eigenvalue weighted by molar-refractivity contribution is -0.335. The number of aliphatic hydroxyl groups is 4. The molecule has 12 nitrogen and oxygen atoms in total. The van der Waals surface area contributed by atoms with E-state index in [2.05, 4.69) is 10.0 Å². The maximum absolute atomic E-state index is 10.3. The third-order valence-corrected chi connectivity index (χ3v) is 3.95. The van der Waals surface area contributed by atoms with Crippen LogP contribution in [0.5, 0.6) is 0 Å². The van der Waals surface area contributed by atoms with Crippen molar-refractivity contribution in [1.82, 2.24) is 0 Å². The van der Waals surface area contributed by atoms with Crippen LogP contribution < -0.4 is 0 Å². The number of hydrogen-bond acceptors (Lipinski definition) is 10. The van der Waals surface area contributed by atoms with Crippen molar-refractivity contribution < 1.29 is 44.1 Å². The minimum Gasteiger partial charge on any atom is -0.388 e. The third kappa shape index (κ3) is 4.99. The average molecular weight is 365 g/mol. The van der Waals surface area contributed by atoms with Gasteiger partial charge in [0.2, 0.25) is 0 Å². The van der Waals surface area contributed by atoms with Crippen molar-refractivity contribution in [2.45, 2.75) is 49.2 Å². The van der Waals surface area contributed by atoms with Crippen molar-refractivity contribution in [1.29, 1.82) is 0 Å². The lowest BCUT2D eigenvalue weighted by Crippen LogP contribution is -2.60. The Kier molecular flexibility index (Phi) is 7.78. The SMILES string of the molecule is CO[C@@H]1C(O)[C@@H](O[C@@H]2C(O)[C@H](OCCN=[N+]=[N-])OC[C@H]2O)OC[C@H]1O. The molecule has 0 aromatic carbocycles. The molecule has 0 aromatic heterocycles. The molecule has 2 fully saturated rings. The van der Waals surface area contributed by atoms with Crippen LogP contribution in [0.3, 0.4) is 0 Å². The summed E-state index contributed by atoms with van der Waals surface area (Å²) in [4.78, 5) is 2.57. The zero-order valence-corrected chi connectivity index (χ0v) is 13.6. The Balaban J connectivity index is 1.95. The predicted octanol–water partition coefficient (Wildman–Crippen LogP) is -2.13. The molecule has 8 atom stereocenters. The molecule has 0 spiro atoms. The molecule has 0 aromatic rings. The van der Waals surface area contributed by atoms with Crippen molar-refractivity contribution in [3.05, 3.63) is 10.4 Å². The van der Waals surface area contributed by atoms with Crippen molar-refractivity contribution in [3.8, 4) is 0 Å². The van der Waals surface area contributed by atoms with Gasteiger partial charge in [-0.25, -0.2) is 0 Å². The van der Waals surface area contributed by atoms with Gasteiger partial charge in [-0.15, -0.1) is 0 Å². The molecule has 2 heterocycles. The zero-order valence-electron chi connectivity index (χ0n) is 13.6. The number of azide groups is 1. The van der Waals surface area contributed by atoms with Crippen LogP contribution in [-0.2, 0) is 23.7 Å². The molecule has 0 radical (unpaired) electrons. The first-order chi connectivity index (χ1) is 12.0. The molecule has 0 bridgehead atoms. The highest BCUT2D eigenvalue weighted by Gasteiger charge is 2.46. The van der Waals surface area contributed by atoms with Gasteiger partial charge >= 0.3 is 0 Å². The lowest BCUT2D eigenvalue weighted by atomic mass is 10.0. The Hall–Kier alpha value is -1.05. The van der Waals surface area contributed by atoms with Crippen LogP contribution in [-0.4, -0.2) is 103 Å². The van der Waals surface area contributed by atoms with Gasteiger partial charge in [0.05, 0.1) is 19.8 Å². The van der Waals surface area contributed by atoms with E-state index >= 15 is 0 Å². The molecule has 2 saturated heterocycles. The van der Waals surface area contributed by atoms with Gasteiger partial charge in [0.15, 0.2) is 12.6 Å². The molecule has 4 N–H and O–H groups in total. The van der Waals surface area contributed by atoms with Gasteiger partial charge < -0.3 is 44.1 Å². The number of ether oxygens (including phenoxy) is 5. The largest absolute Gasteiger partial charge is 0.388 e. The molecule has 144 valence electrons. The molecule has 25 heavy (non-hydrogen) atoms. The summed E-state index contributed by atoms with van der Waals surface area (Å²) in [6.07, 6.45) is -9.32. The summed E-state index contributed by atoms with van der Waals surface area (Å²) >= 11 is 0. The molecule has 0 saturated carbocycles. The molecule has 12 heteroatoms. The first-order valence-electron chi connectivity index (χ1n) is 7.75. The van der Waals surface area contributed by atoms with Crippen LogP contribution in [0.15, 0.2) is 5.11 Å². The summed E-state index contributed by atoms with van der Waals surface area (Å²) in [7, 11) is 1.32. The summed E-state index contributed by atoms with van der Waals surface area (Å²) in [5.74, 6) is 0. The van der Waals surface area contributed by atoms with E-state index in [-0.39, 0.29) is 26.4 Å². The van der Waals surface area contributed by atoms with Crippen molar-refractivity contribution >= 4 is 0 Å². The highest BCUT2D eigenvalue weighted by molar-refractivity contribution is 4.89. The fourth-order valence-corrected chi connectivity index (χ4v) is 2.68. The number of rotatable bonds is 7. The zero-order chi connectivity index (χ0) is 18.4. The summed E-state index contributed by atoms with van der Waals surface area (Å²) in [6, 6.07) is 0. The smallest absolute Gasteiger partial charge is 0.186 e. The van der Waals surface area contributed by atoms with E-state index in [4.69, 9.17) is 29.2 Å². The van der Waals surface area contributed by atoms with Gasteiger partial charge in [-0.2, -0.15) is 0 Å². The van der Waals surface area contributed by atoms with Gasteiger partial charge in [0.1, 0.15) is 36.6 Å². The second kappa shape index (κ2) is 9.59. The molecule has 0 aliphatic carbocycles. The quantitative estimate of drug-likeness (QED) is 0.170. The first-order valence-corrected chi connectivity index (χ1v) is 7.75. The number of methoxy groups -OCH3 is 1. The summed E-state index contributed by atoms with van der Waals surface area (Å²) in [5, 5.41) is 43.5. The average Bonchev–Trinajstić information content (AvgIpc) is 2.59. The standard InChI is InChI=1S/C13H23N3O9/c1-21-10-6(17)4-24-13(8(10)19)25-11-7(18)5-23-12(9(11)20)22-3-2-15-16-14/h6-13,17-20H,2-5H2,1H3/t6-,7-,8?,9?,10+,11+,12-,13-/m1/s1. The molecule has 2 unspecified atom stereocenters. The number of hydrogen-bond donors (Lipinski definition) is 4. The topological polar surface area (TPSA) is 176 Å². The van der Waals surface area contributed by atoms with Crippen molar-refractivity contribution in [2.24, 2.45) is 5.11 Å². The van der Waals surface area contributed by atoms with Gasteiger partial charge in [-0.05, 0) is 5.53 Å². The first kappa shape index (κ1) is 20.3. The fraction of sp³-hybridized carbons (Fsp3) is 1.00. The highest BCUT2D eigenvalue weighted by Crippen LogP contribution is 2.25. The van der Waals surface area contributed by atoms with E-state index in [1.165, 1.54) is 7.11 Å². The molecule has 2 rings (SSSR count). The maximum atomic E-state index is 10.3. The van der Waals surface area contributed by atoms with Gasteiger partial charge in [0.25, 0.3) is 0 Å². The predicted molar refractivity (Wildman–Crippen MR) is 79.1 cm³/mol. The maximum Gasteiger partial charge on any atom is 0.186 e. The lowest BCUT2D eigenvalue weighted by Gasteiger charge is -2.42. The Bertz CT molecular complexity index is 464. The van der Waals surface area contributed by atoms with Crippen LogP contribution in [0.25, 0.3) is 10.4 Å². The van der Waals surface area contributed by atoms with Gasteiger partial charge in [-0.3, -0.25) is 0 Å². The van der Waals surface area contributed by atoms with E-state index in [1.54, 1.807) is 0 Å². The summed E-state index contributed by atoms with van der Waals surface area (Å²) < 4.78 is 26.2. The van der Waals surface area contributed by atoms with Crippen LogP contribution in [0.2, 0.25) is 0 Å². The molecule has 2 aliphatic heterocycles. The molecule has 0 amide bonds. The number of nitrogens with zero attached hydrogens (tertiary/aromatic N) is 3. The highest BCUT2D eigenvalue weighted by atomic mass is 16.7. The second-order valence-electron chi connectivity index (χ2n) is 5.65. The van der Waals surface area contributed by atoms with E-state index < -0.39 is 49.2 Å². The van der Waals surface area contributed by atoms with Gasteiger partial charge in [-0.1, -0.05) is 5.11 Å². The Labute approximate surface area is 143 Å². The molecule has 2 aliphatic rings. The monoisotopic (exact) mass is 365 g/mol. The number of aliphatic hydroxyl groups excluding tert-OH is 4. The fourth-order valence-electron chi connectivity index (χ4n) is 2.68. The summed E-state index contributed by atoms with van der Waals surface area (Å²) in [5.41, 5.74) is 8.20. The minimum absolute atomic E-state index is 0.00902. The van der Waals surface area contributed by atoms with Crippen LogP contribution in [0.1, 0.15) is 0 Å². The Morgan fingerprint density at radius 1 is 1.04 bits per heavy atom. The minimum atomic E-state index is -1.38. The van der Waals surface area contributed by atoms with Crippen molar-refractivity contribution in [3.63, 3.8) is 0 Å².